The Labute approximate surface area is 340 Å². The van der Waals surface area contributed by atoms with Crippen LogP contribution in [0.1, 0.15) is 11.8 Å². The number of nitrogens with zero attached hydrogens (tertiary/aromatic N) is 5. The van der Waals surface area contributed by atoms with Gasteiger partial charge < -0.3 is 14.6 Å². The maximum atomic E-state index is 12.6. The lowest BCUT2D eigenvalue weighted by Crippen LogP contribution is -2.27. The van der Waals surface area contributed by atoms with Crippen LogP contribution in [0.5, 0.6) is 0 Å². The molecule has 6 nitrogen and oxygen atoms in total. The molecule has 1 atom stereocenters. The summed E-state index contributed by atoms with van der Waals surface area (Å²) >= 11 is 0. The number of para-hydroxylation sites is 6. The Balaban J connectivity index is 1.09. The Kier molecular flexibility index (Phi) is 7.42. The molecule has 1 aliphatic rings. The van der Waals surface area contributed by atoms with E-state index in [2.05, 4.69) is 141 Å². The molecular weight excluding hydrogens is 723 g/mol. The number of aliphatic hydroxyl groups excluding tert-OH is 1. The summed E-state index contributed by atoms with van der Waals surface area (Å²) < 4.78 is 4.58. The van der Waals surface area contributed by atoms with Crippen molar-refractivity contribution in [2.24, 2.45) is 0 Å². The quantitative estimate of drug-likeness (QED) is 0.190. The lowest BCUT2D eigenvalue weighted by molar-refractivity contribution is 0.185. The van der Waals surface area contributed by atoms with Crippen LogP contribution in [-0.4, -0.2) is 24.2 Å². The van der Waals surface area contributed by atoms with Crippen molar-refractivity contribution < 1.29 is 5.11 Å². The standard InChI is InChI=1S/C53H35N5O/c59-53-49-42-33-36(29-31-48(42)56(37-18-6-2-7-19-37)51(49)40-23-11-15-27-46(40)57(53)38-20-8-3-9-21-38)35-28-30-47-41(32-35)39-22-10-14-26-45(39)58(47)52-50(34-16-4-1-5-17-34)54-43-24-12-13-25-44(43)55-52/h1-33,53,59H. The van der Waals surface area contributed by atoms with Gasteiger partial charge in [0.1, 0.15) is 5.69 Å². The Bertz CT molecular complexity index is 3410. The number of benzene rings is 8. The van der Waals surface area contributed by atoms with Crippen molar-refractivity contribution in [1.29, 1.82) is 0 Å². The van der Waals surface area contributed by atoms with Crippen LogP contribution in [0.15, 0.2) is 200 Å². The third-order valence-corrected chi connectivity index (χ3v) is 11.8. The van der Waals surface area contributed by atoms with Crippen LogP contribution >= 0.6 is 0 Å². The molecule has 0 fully saturated rings. The van der Waals surface area contributed by atoms with Gasteiger partial charge in [0.2, 0.25) is 0 Å². The molecule has 0 spiro atoms. The van der Waals surface area contributed by atoms with Crippen LogP contribution in [0.25, 0.3) is 88.9 Å². The largest absolute Gasteiger partial charge is 0.369 e. The molecule has 8 aromatic carbocycles. The van der Waals surface area contributed by atoms with Crippen molar-refractivity contribution >= 4 is 55.1 Å². The van der Waals surface area contributed by atoms with E-state index in [1.165, 1.54) is 0 Å². The Morgan fingerprint density at radius 3 is 1.73 bits per heavy atom. The topological polar surface area (TPSA) is 59.1 Å². The van der Waals surface area contributed by atoms with Crippen molar-refractivity contribution in [3.63, 3.8) is 0 Å². The van der Waals surface area contributed by atoms with Gasteiger partial charge in [0.15, 0.2) is 12.0 Å². The molecule has 0 amide bonds. The van der Waals surface area contributed by atoms with E-state index in [1.807, 2.05) is 72.8 Å². The Morgan fingerprint density at radius 1 is 0.424 bits per heavy atom. The monoisotopic (exact) mass is 757 g/mol. The highest BCUT2D eigenvalue weighted by molar-refractivity contribution is 6.11. The number of anilines is 2. The first-order chi connectivity index (χ1) is 29.2. The second-order valence-electron chi connectivity index (χ2n) is 15.1. The average molecular weight is 758 g/mol. The van der Waals surface area contributed by atoms with E-state index in [0.717, 1.165) is 106 Å². The molecule has 1 N–H and O–H groups in total. The summed E-state index contributed by atoms with van der Waals surface area (Å²) in [7, 11) is 0. The molecule has 12 rings (SSSR count). The zero-order valence-electron chi connectivity index (χ0n) is 31.8. The molecule has 0 aliphatic carbocycles. The number of hydrogen-bond donors (Lipinski definition) is 1. The van der Waals surface area contributed by atoms with E-state index in [-0.39, 0.29) is 0 Å². The fraction of sp³-hybridized carbons (Fsp3) is 0.0189. The van der Waals surface area contributed by atoms with E-state index in [0.29, 0.717) is 0 Å². The summed E-state index contributed by atoms with van der Waals surface area (Å²) in [5.41, 5.74) is 14.8. The van der Waals surface area contributed by atoms with Crippen LogP contribution in [-0.2, 0) is 0 Å². The molecule has 0 radical (unpaired) electrons. The predicted molar refractivity (Wildman–Crippen MR) is 241 cm³/mol. The van der Waals surface area contributed by atoms with Crippen LogP contribution in [0, 0.1) is 0 Å². The highest BCUT2D eigenvalue weighted by Gasteiger charge is 2.36. The fourth-order valence-corrected chi connectivity index (χ4v) is 9.20. The normalized spacial score (nSPS) is 13.6. The number of aromatic nitrogens is 4. The van der Waals surface area contributed by atoms with E-state index < -0.39 is 6.23 Å². The number of fused-ring (bicyclic) bond motifs is 9. The molecule has 1 aliphatic heterocycles. The maximum Gasteiger partial charge on any atom is 0.165 e. The first kappa shape index (κ1) is 33.4. The third kappa shape index (κ3) is 5.10. The minimum atomic E-state index is -0.924. The molecule has 4 heterocycles. The second-order valence-corrected chi connectivity index (χ2v) is 15.1. The lowest BCUT2D eigenvalue weighted by atomic mass is 9.94. The van der Waals surface area contributed by atoms with E-state index >= 15 is 0 Å². The third-order valence-electron chi connectivity index (χ3n) is 11.8. The van der Waals surface area contributed by atoms with Gasteiger partial charge >= 0.3 is 0 Å². The van der Waals surface area contributed by atoms with Gasteiger partial charge in [-0.15, -0.1) is 0 Å². The van der Waals surface area contributed by atoms with Gasteiger partial charge in [-0.3, -0.25) is 4.57 Å². The molecule has 11 aromatic rings. The number of rotatable bonds is 5. The molecule has 3 aromatic heterocycles. The minimum absolute atomic E-state index is 0.793. The molecular formula is C53H35N5O. The van der Waals surface area contributed by atoms with E-state index in [1.54, 1.807) is 0 Å². The van der Waals surface area contributed by atoms with Crippen molar-refractivity contribution in [2.75, 3.05) is 4.90 Å². The fourth-order valence-electron chi connectivity index (χ4n) is 9.20. The summed E-state index contributed by atoms with van der Waals surface area (Å²) in [4.78, 5) is 12.6. The van der Waals surface area contributed by atoms with Gasteiger partial charge in [-0.1, -0.05) is 127 Å². The first-order valence-electron chi connectivity index (χ1n) is 19.9. The highest BCUT2D eigenvalue weighted by atomic mass is 16.3. The average Bonchev–Trinajstić information content (AvgIpc) is 3.82. The van der Waals surface area contributed by atoms with Gasteiger partial charge in [0, 0.05) is 44.2 Å². The molecule has 1 unspecified atom stereocenters. The second kappa shape index (κ2) is 13.1. The van der Waals surface area contributed by atoms with Gasteiger partial charge in [-0.25, -0.2) is 9.97 Å². The van der Waals surface area contributed by atoms with Gasteiger partial charge in [0.25, 0.3) is 0 Å². The summed E-state index contributed by atoms with van der Waals surface area (Å²) in [5, 5.41) is 15.8. The number of aliphatic hydroxyl groups is 1. The summed E-state index contributed by atoms with van der Waals surface area (Å²) in [6.07, 6.45) is -0.924. The molecule has 59 heavy (non-hydrogen) atoms. The van der Waals surface area contributed by atoms with E-state index in [4.69, 9.17) is 9.97 Å². The maximum absolute atomic E-state index is 12.6. The minimum Gasteiger partial charge on any atom is -0.369 e. The lowest BCUT2D eigenvalue weighted by Gasteiger charge is -2.36. The SMILES string of the molecule is OC1c2c(n(-c3ccccc3)c3ccc(-c4ccc5c(c4)c4ccccc4n5-c4nc5ccccc5nc4-c4ccccc4)cc23)-c2ccccc2N1c1ccccc1. The van der Waals surface area contributed by atoms with Gasteiger partial charge in [0.05, 0.1) is 39.0 Å². The first-order valence-corrected chi connectivity index (χ1v) is 19.9. The molecule has 0 saturated carbocycles. The van der Waals surface area contributed by atoms with Crippen molar-refractivity contribution in [3.05, 3.63) is 206 Å². The van der Waals surface area contributed by atoms with Crippen molar-refractivity contribution in [2.45, 2.75) is 6.23 Å². The zero-order valence-corrected chi connectivity index (χ0v) is 31.8. The highest BCUT2D eigenvalue weighted by Crippen LogP contribution is 2.52. The Morgan fingerprint density at radius 2 is 0.983 bits per heavy atom. The van der Waals surface area contributed by atoms with Gasteiger partial charge in [-0.2, -0.15) is 0 Å². The summed E-state index contributed by atoms with van der Waals surface area (Å²) in [6.45, 7) is 0. The van der Waals surface area contributed by atoms with Crippen LogP contribution in [0.2, 0.25) is 0 Å². The summed E-state index contributed by atoms with van der Waals surface area (Å²) in [5.74, 6) is 0.793. The van der Waals surface area contributed by atoms with Crippen molar-refractivity contribution in [1.82, 2.24) is 19.1 Å². The smallest absolute Gasteiger partial charge is 0.165 e. The molecule has 0 saturated heterocycles. The van der Waals surface area contributed by atoms with Crippen LogP contribution in [0.3, 0.4) is 0 Å². The number of hydrogen-bond acceptors (Lipinski definition) is 4. The van der Waals surface area contributed by atoms with Crippen molar-refractivity contribution in [3.8, 4) is 45.1 Å². The zero-order chi connectivity index (χ0) is 39.0. The van der Waals surface area contributed by atoms with E-state index in [9.17, 15) is 5.11 Å². The molecule has 278 valence electrons. The summed E-state index contributed by atoms with van der Waals surface area (Å²) in [6, 6.07) is 69.4. The predicted octanol–water partition coefficient (Wildman–Crippen LogP) is 12.8. The van der Waals surface area contributed by atoms with Crippen LogP contribution < -0.4 is 4.90 Å². The van der Waals surface area contributed by atoms with Crippen LogP contribution in [0.4, 0.5) is 11.4 Å². The molecule has 6 heteroatoms. The van der Waals surface area contributed by atoms with Gasteiger partial charge in [-0.05, 0) is 83.9 Å². The molecule has 0 bridgehead atoms. The Hall–Kier alpha value is -7.80.